The minimum atomic E-state index is -0.931. The van der Waals surface area contributed by atoms with Gasteiger partial charge in [0.05, 0.1) is 18.9 Å². The number of rotatable bonds is 4. The Morgan fingerprint density at radius 1 is 1.13 bits per heavy atom. The van der Waals surface area contributed by atoms with E-state index in [1.165, 1.54) is 18.3 Å². The maximum absolute atomic E-state index is 13.0. The first kappa shape index (κ1) is 19.8. The number of carbonyl (C=O) groups is 2. The third-order valence-corrected chi connectivity index (χ3v) is 5.29. The van der Waals surface area contributed by atoms with Crippen molar-refractivity contribution < 1.29 is 23.8 Å². The van der Waals surface area contributed by atoms with E-state index in [4.69, 9.17) is 20.8 Å². The summed E-state index contributed by atoms with van der Waals surface area (Å²) < 4.78 is 10.7. The van der Waals surface area contributed by atoms with Crippen LogP contribution in [0.5, 0.6) is 5.75 Å². The molecule has 0 aliphatic carbocycles. The summed E-state index contributed by atoms with van der Waals surface area (Å²) in [5.41, 5.74) is 1.55. The van der Waals surface area contributed by atoms with Gasteiger partial charge in [-0.2, -0.15) is 0 Å². The predicted molar refractivity (Wildman–Crippen MR) is 113 cm³/mol. The first-order chi connectivity index (χ1) is 14.4. The summed E-state index contributed by atoms with van der Waals surface area (Å²) in [4.78, 5) is 27.4. The highest BCUT2D eigenvalue weighted by Gasteiger charge is 2.48. The summed E-state index contributed by atoms with van der Waals surface area (Å²) in [5.74, 6) is -0.909. The number of nitrogens with zero attached hydrogens (tertiary/aromatic N) is 1. The van der Waals surface area contributed by atoms with Gasteiger partial charge in [-0.1, -0.05) is 17.7 Å². The van der Waals surface area contributed by atoms with Crippen molar-refractivity contribution in [2.75, 3.05) is 12.0 Å². The maximum Gasteiger partial charge on any atom is 0.300 e. The van der Waals surface area contributed by atoms with Crippen LogP contribution in [0.4, 0.5) is 5.69 Å². The Morgan fingerprint density at radius 3 is 2.50 bits per heavy atom. The molecule has 1 saturated heterocycles. The first-order valence-electron chi connectivity index (χ1n) is 9.17. The molecule has 0 radical (unpaired) electrons. The molecule has 1 fully saturated rings. The largest absolute Gasteiger partial charge is 0.507 e. The number of Topliss-reactive ketones (excluding diaryl/α,β-unsaturated/α-hetero) is 1. The smallest absolute Gasteiger partial charge is 0.300 e. The number of aryl methyl sites for hydroxylation is 1. The van der Waals surface area contributed by atoms with Gasteiger partial charge in [0.2, 0.25) is 0 Å². The van der Waals surface area contributed by atoms with Crippen LogP contribution in [-0.4, -0.2) is 23.9 Å². The van der Waals surface area contributed by atoms with E-state index < -0.39 is 17.7 Å². The number of ketones is 1. The normalized spacial score (nSPS) is 18.1. The molecule has 1 amide bonds. The highest BCUT2D eigenvalue weighted by atomic mass is 35.5. The van der Waals surface area contributed by atoms with Gasteiger partial charge in [0.1, 0.15) is 23.3 Å². The van der Waals surface area contributed by atoms with Crippen molar-refractivity contribution in [3.05, 3.63) is 88.3 Å². The molecular formula is C23H18ClNO5. The van der Waals surface area contributed by atoms with Crippen molar-refractivity contribution in [1.82, 2.24) is 0 Å². The summed E-state index contributed by atoms with van der Waals surface area (Å²) in [5, 5.41) is 11.4. The fourth-order valence-electron chi connectivity index (χ4n) is 3.54. The second-order valence-electron chi connectivity index (χ2n) is 6.84. The van der Waals surface area contributed by atoms with Crippen LogP contribution < -0.4 is 9.64 Å². The van der Waals surface area contributed by atoms with Gasteiger partial charge >= 0.3 is 0 Å². The number of anilines is 1. The number of aliphatic hydroxyl groups excluding tert-OH is 1. The molecule has 1 N–H and O–H groups in total. The average Bonchev–Trinajstić information content (AvgIpc) is 3.37. The number of amides is 1. The Bertz CT molecular complexity index is 1150. The van der Waals surface area contributed by atoms with Crippen LogP contribution in [0.15, 0.2) is 70.9 Å². The molecule has 1 unspecified atom stereocenters. The number of carbonyl (C=O) groups excluding carboxylic acids is 2. The molecule has 7 heteroatoms. The third kappa shape index (κ3) is 3.25. The third-order valence-electron chi connectivity index (χ3n) is 5.05. The fourth-order valence-corrected chi connectivity index (χ4v) is 3.71. The highest BCUT2D eigenvalue weighted by molar-refractivity contribution is 6.51. The number of hydrogen-bond donors (Lipinski definition) is 1. The van der Waals surface area contributed by atoms with Crippen LogP contribution in [0.2, 0.25) is 5.02 Å². The van der Waals surface area contributed by atoms with Crippen molar-refractivity contribution in [3.63, 3.8) is 0 Å². The summed E-state index contributed by atoms with van der Waals surface area (Å²) in [6, 6.07) is 14.0. The van der Waals surface area contributed by atoms with Crippen molar-refractivity contribution in [3.8, 4) is 5.75 Å². The summed E-state index contributed by atoms with van der Waals surface area (Å²) in [7, 11) is 1.53. The van der Waals surface area contributed by atoms with Crippen molar-refractivity contribution in [2.24, 2.45) is 0 Å². The lowest BCUT2D eigenvalue weighted by atomic mass is 9.99. The average molecular weight is 424 g/mol. The number of aliphatic hydroxyl groups is 1. The number of furan rings is 1. The molecule has 0 spiro atoms. The van der Waals surface area contributed by atoms with Gasteiger partial charge in [0.25, 0.3) is 11.7 Å². The fraction of sp³-hybridized carbons (Fsp3) is 0.130. The van der Waals surface area contributed by atoms with E-state index in [1.54, 1.807) is 54.6 Å². The Morgan fingerprint density at radius 2 is 1.87 bits per heavy atom. The van der Waals surface area contributed by atoms with Crippen LogP contribution in [0.1, 0.15) is 22.9 Å². The molecule has 2 heterocycles. The van der Waals surface area contributed by atoms with E-state index in [1.807, 2.05) is 6.92 Å². The van der Waals surface area contributed by atoms with E-state index in [9.17, 15) is 14.7 Å². The van der Waals surface area contributed by atoms with E-state index in [0.29, 0.717) is 27.8 Å². The summed E-state index contributed by atoms with van der Waals surface area (Å²) in [6.45, 7) is 1.81. The van der Waals surface area contributed by atoms with Gasteiger partial charge in [-0.25, -0.2) is 0 Å². The number of hydrogen-bond acceptors (Lipinski definition) is 5. The first-order valence-corrected chi connectivity index (χ1v) is 9.55. The van der Waals surface area contributed by atoms with Crippen molar-refractivity contribution in [2.45, 2.75) is 13.0 Å². The lowest BCUT2D eigenvalue weighted by Gasteiger charge is -2.25. The molecule has 4 rings (SSSR count). The Hall–Kier alpha value is -3.51. The molecular weight excluding hydrogens is 406 g/mol. The Kier molecular flexibility index (Phi) is 5.10. The van der Waals surface area contributed by atoms with Gasteiger partial charge in [-0.3, -0.25) is 14.5 Å². The second-order valence-corrected chi connectivity index (χ2v) is 7.28. The predicted octanol–water partition coefficient (Wildman–Crippen LogP) is 4.88. The monoisotopic (exact) mass is 423 g/mol. The van der Waals surface area contributed by atoms with Gasteiger partial charge in [-0.15, -0.1) is 0 Å². The molecule has 0 bridgehead atoms. The minimum Gasteiger partial charge on any atom is -0.507 e. The van der Waals surface area contributed by atoms with Gasteiger partial charge in [-0.05, 0) is 61.0 Å². The molecule has 0 saturated carbocycles. The maximum atomic E-state index is 13.0. The zero-order valence-electron chi connectivity index (χ0n) is 16.3. The molecule has 1 aromatic heterocycles. The minimum absolute atomic E-state index is 0.0560. The molecule has 30 heavy (non-hydrogen) atoms. The zero-order valence-corrected chi connectivity index (χ0v) is 17.0. The van der Waals surface area contributed by atoms with Gasteiger partial charge in [0, 0.05) is 16.3 Å². The van der Waals surface area contributed by atoms with Crippen molar-refractivity contribution in [1.29, 1.82) is 0 Å². The highest BCUT2D eigenvalue weighted by Crippen LogP contribution is 2.43. The Balaban J connectivity index is 1.92. The number of halogens is 1. The van der Waals surface area contributed by atoms with Crippen LogP contribution in [0, 0.1) is 6.92 Å². The molecule has 2 aromatic carbocycles. The van der Waals surface area contributed by atoms with Gasteiger partial charge < -0.3 is 14.3 Å². The van der Waals surface area contributed by atoms with E-state index in [-0.39, 0.29) is 11.3 Å². The second kappa shape index (κ2) is 7.72. The summed E-state index contributed by atoms with van der Waals surface area (Å²) >= 11 is 6.16. The van der Waals surface area contributed by atoms with Crippen LogP contribution in [0.3, 0.4) is 0 Å². The zero-order chi connectivity index (χ0) is 21.4. The van der Waals surface area contributed by atoms with Crippen LogP contribution in [-0.2, 0) is 9.59 Å². The van der Waals surface area contributed by atoms with Crippen LogP contribution in [0.25, 0.3) is 5.76 Å². The quantitative estimate of drug-likeness (QED) is 0.367. The van der Waals surface area contributed by atoms with Crippen LogP contribution >= 0.6 is 11.6 Å². The molecule has 152 valence electrons. The molecule has 1 aliphatic rings. The van der Waals surface area contributed by atoms with E-state index in [0.717, 1.165) is 5.56 Å². The number of benzene rings is 2. The van der Waals surface area contributed by atoms with E-state index in [2.05, 4.69) is 0 Å². The topological polar surface area (TPSA) is 80.0 Å². The SMILES string of the molecule is COc1ccc(/C(O)=C2/C(=O)C(=O)N(c3cc(Cl)ccc3C)C2c2ccco2)cc1. The number of methoxy groups -OCH3 is 1. The molecule has 1 aliphatic heterocycles. The summed E-state index contributed by atoms with van der Waals surface area (Å²) in [6.07, 6.45) is 1.45. The van der Waals surface area contributed by atoms with Gasteiger partial charge in [0.15, 0.2) is 0 Å². The number of ether oxygens (including phenoxy) is 1. The Labute approximate surface area is 177 Å². The lowest BCUT2D eigenvalue weighted by molar-refractivity contribution is -0.132. The molecule has 3 aromatic rings. The molecule has 6 nitrogen and oxygen atoms in total. The molecule has 1 atom stereocenters. The van der Waals surface area contributed by atoms with E-state index >= 15 is 0 Å². The van der Waals surface area contributed by atoms with Crippen molar-refractivity contribution >= 4 is 34.7 Å². The lowest BCUT2D eigenvalue weighted by Crippen LogP contribution is -2.30. The standard InChI is InChI=1S/C23H18ClNO5/c1-13-5-8-15(24)12-17(13)25-20(18-4-3-11-30-18)19(22(27)23(25)28)21(26)14-6-9-16(29-2)10-7-14/h3-12,20,26H,1-2H3/b21-19-.